The standard InChI is InChI=1S/C26H33N5OS/c1-31(2)24-20-8-3-5-9-22(20)29-26(30-24)28-18-13-11-17(12-14-18)15-27-25(32)21-16-33-23-10-6-4-7-19(21)23/h4,6-7,10,16-18H,3,5,8-9,11-15H2,1-2H3,(H,27,32)(H,28,29,30). The number of benzene rings is 1. The molecule has 0 bridgehead atoms. The zero-order chi connectivity index (χ0) is 22.8. The fraction of sp³-hybridized carbons (Fsp3) is 0.500. The van der Waals surface area contributed by atoms with Crippen molar-refractivity contribution in [2.45, 2.75) is 57.4 Å². The summed E-state index contributed by atoms with van der Waals surface area (Å²) in [6, 6.07) is 8.51. The van der Waals surface area contributed by atoms with Gasteiger partial charge in [-0.25, -0.2) is 4.98 Å². The highest BCUT2D eigenvalue weighted by Crippen LogP contribution is 2.31. The highest BCUT2D eigenvalue weighted by molar-refractivity contribution is 7.17. The molecule has 2 aromatic heterocycles. The van der Waals surface area contributed by atoms with Crippen molar-refractivity contribution in [3.05, 3.63) is 46.5 Å². The summed E-state index contributed by atoms with van der Waals surface area (Å²) in [6.07, 6.45) is 8.96. The highest BCUT2D eigenvalue weighted by Gasteiger charge is 2.24. The predicted molar refractivity (Wildman–Crippen MR) is 137 cm³/mol. The molecule has 2 aliphatic rings. The molecule has 174 valence electrons. The molecular weight excluding hydrogens is 430 g/mol. The maximum absolute atomic E-state index is 12.7. The van der Waals surface area contributed by atoms with Crippen LogP contribution in [-0.2, 0) is 12.8 Å². The average Bonchev–Trinajstić information content (AvgIpc) is 3.27. The monoisotopic (exact) mass is 463 g/mol. The van der Waals surface area contributed by atoms with Crippen molar-refractivity contribution < 1.29 is 4.79 Å². The summed E-state index contributed by atoms with van der Waals surface area (Å²) in [6.45, 7) is 0.746. The lowest BCUT2D eigenvalue weighted by Gasteiger charge is -2.30. The van der Waals surface area contributed by atoms with E-state index >= 15 is 0 Å². The van der Waals surface area contributed by atoms with Crippen LogP contribution in [0.1, 0.15) is 60.1 Å². The Hall–Kier alpha value is -2.67. The first-order valence-electron chi connectivity index (χ1n) is 12.2. The number of hydrogen-bond acceptors (Lipinski definition) is 6. The summed E-state index contributed by atoms with van der Waals surface area (Å²) in [4.78, 5) is 24.6. The van der Waals surface area contributed by atoms with Gasteiger partial charge in [0.15, 0.2) is 0 Å². The van der Waals surface area contributed by atoms with E-state index in [2.05, 4.69) is 35.7 Å². The molecule has 0 aliphatic heterocycles. The van der Waals surface area contributed by atoms with Gasteiger partial charge in [-0.1, -0.05) is 18.2 Å². The van der Waals surface area contributed by atoms with Gasteiger partial charge in [-0.05, 0) is 63.4 Å². The Labute approximate surface area is 199 Å². The lowest BCUT2D eigenvalue weighted by Crippen LogP contribution is -2.34. The van der Waals surface area contributed by atoms with Crippen LogP contribution >= 0.6 is 11.3 Å². The molecule has 33 heavy (non-hydrogen) atoms. The molecule has 0 saturated heterocycles. The smallest absolute Gasteiger partial charge is 0.252 e. The van der Waals surface area contributed by atoms with E-state index in [-0.39, 0.29) is 5.91 Å². The van der Waals surface area contributed by atoms with E-state index in [4.69, 9.17) is 9.97 Å². The Bertz CT molecular complexity index is 1130. The molecule has 5 rings (SSSR count). The fourth-order valence-electron chi connectivity index (χ4n) is 5.19. The second-order valence-corrected chi connectivity index (χ2v) is 10.5. The molecule has 0 radical (unpaired) electrons. The first-order chi connectivity index (χ1) is 16.1. The summed E-state index contributed by atoms with van der Waals surface area (Å²) >= 11 is 1.63. The van der Waals surface area contributed by atoms with E-state index in [0.29, 0.717) is 12.0 Å². The van der Waals surface area contributed by atoms with Gasteiger partial charge in [0.05, 0.1) is 11.3 Å². The molecule has 0 unspecified atom stereocenters. The highest BCUT2D eigenvalue weighted by atomic mass is 32.1. The number of thiophene rings is 1. The number of rotatable bonds is 6. The summed E-state index contributed by atoms with van der Waals surface area (Å²) < 4.78 is 1.16. The number of nitrogens with one attached hydrogen (secondary N) is 2. The first kappa shape index (κ1) is 22.1. The number of nitrogens with zero attached hydrogens (tertiary/aromatic N) is 3. The summed E-state index contributed by atoms with van der Waals surface area (Å²) in [7, 11) is 4.14. The lowest BCUT2D eigenvalue weighted by molar-refractivity contribution is 0.0945. The van der Waals surface area contributed by atoms with Crippen molar-refractivity contribution in [1.29, 1.82) is 0 Å². The van der Waals surface area contributed by atoms with Crippen molar-refractivity contribution in [2.24, 2.45) is 5.92 Å². The minimum Gasteiger partial charge on any atom is -0.362 e. The number of fused-ring (bicyclic) bond motifs is 2. The molecule has 3 aromatic rings. The fourth-order valence-corrected chi connectivity index (χ4v) is 6.13. The Morgan fingerprint density at radius 1 is 1.09 bits per heavy atom. The molecule has 1 fully saturated rings. The first-order valence-corrected chi connectivity index (χ1v) is 13.0. The zero-order valence-corrected chi connectivity index (χ0v) is 20.4. The van der Waals surface area contributed by atoms with Gasteiger partial charge in [-0.3, -0.25) is 4.79 Å². The molecular formula is C26H33N5OS. The third-order valence-electron chi connectivity index (χ3n) is 7.04. The van der Waals surface area contributed by atoms with E-state index in [1.54, 1.807) is 11.3 Å². The van der Waals surface area contributed by atoms with Gasteiger partial charge in [-0.15, -0.1) is 11.3 Å². The summed E-state index contributed by atoms with van der Waals surface area (Å²) in [5.74, 6) is 2.42. The van der Waals surface area contributed by atoms with Crippen molar-refractivity contribution in [3.8, 4) is 0 Å². The molecule has 0 spiro atoms. The SMILES string of the molecule is CN(C)c1nc(NC2CCC(CNC(=O)c3csc4ccccc34)CC2)nc2c1CCCC2. The Morgan fingerprint density at radius 2 is 1.88 bits per heavy atom. The number of carbonyl (C=O) groups is 1. The minimum atomic E-state index is 0.0476. The number of aromatic nitrogens is 2. The Kier molecular flexibility index (Phi) is 6.49. The third kappa shape index (κ3) is 4.83. The van der Waals surface area contributed by atoms with Crippen LogP contribution < -0.4 is 15.5 Å². The quantitative estimate of drug-likeness (QED) is 0.536. The van der Waals surface area contributed by atoms with E-state index in [1.807, 2.05) is 23.6 Å². The predicted octanol–water partition coefficient (Wildman–Crippen LogP) is 5.04. The molecule has 2 aliphatic carbocycles. The molecule has 1 saturated carbocycles. The van der Waals surface area contributed by atoms with Gasteiger partial charge in [0.2, 0.25) is 5.95 Å². The Balaban J connectivity index is 1.15. The van der Waals surface area contributed by atoms with Crippen LogP contribution in [-0.4, -0.2) is 42.6 Å². The maximum atomic E-state index is 12.7. The van der Waals surface area contributed by atoms with Crippen LogP contribution in [0.3, 0.4) is 0 Å². The number of hydrogen-bond donors (Lipinski definition) is 2. The molecule has 2 heterocycles. The van der Waals surface area contributed by atoms with Gasteiger partial charge in [0, 0.05) is 47.7 Å². The number of aryl methyl sites for hydroxylation is 1. The van der Waals surface area contributed by atoms with Gasteiger partial charge in [0.1, 0.15) is 5.82 Å². The molecule has 0 atom stereocenters. The van der Waals surface area contributed by atoms with Crippen molar-refractivity contribution in [1.82, 2.24) is 15.3 Å². The normalized spacial score (nSPS) is 20.3. The van der Waals surface area contributed by atoms with E-state index in [0.717, 1.165) is 72.5 Å². The van der Waals surface area contributed by atoms with Gasteiger partial charge >= 0.3 is 0 Å². The van der Waals surface area contributed by atoms with Crippen LogP contribution in [0.25, 0.3) is 10.1 Å². The molecule has 2 N–H and O–H groups in total. The Morgan fingerprint density at radius 3 is 2.70 bits per heavy atom. The molecule has 1 amide bonds. The maximum Gasteiger partial charge on any atom is 0.252 e. The van der Waals surface area contributed by atoms with Crippen LogP contribution in [0.2, 0.25) is 0 Å². The summed E-state index contributed by atoms with van der Waals surface area (Å²) in [5, 5.41) is 9.83. The third-order valence-corrected chi connectivity index (χ3v) is 8.01. The topological polar surface area (TPSA) is 70.2 Å². The molecule has 6 nitrogen and oxygen atoms in total. The van der Waals surface area contributed by atoms with Crippen LogP contribution in [0.4, 0.5) is 11.8 Å². The van der Waals surface area contributed by atoms with Crippen LogP contribution in [0, 0.1) is 5.92 Å². The van der Waals surface area contributed by atoms with Crippen LogP contribution in [0.15, 0.2) is 29.6 Å². The van der Waals surface area contributed by atoms with Gasteiger partial charge in [0.25, 0.3) is 5.91 Å². The van der Waals surface area contributed by atoms with E-state index in [1.165, 1.54) is 24.1 Å². The van der Waals surface area contributed by atoms with E-state index < -0.39 is 0 Å². The largest absolute Gasteiger partial charge is 0.362 e. The zero-order valence-electron chi connectivity index (χ0n) is 19.6. The van der Waals surface area contributed by atoms with E-state index in [9.17, 15) is 4.79 Å². The summed E-state index contributed by atoms with van der Waals surface area (Å²) in [5.41, 5.74) is 3.35. The number of carbonyl (C=O) groups excluding carboxylic acids is 1. The van der Waals surface area contributed by atoms with Crippen molar-refractivity contribution >= 4 is 39.1 Å². The average molecular weight is 464 g/mol. The van der Waals surface area contributed by atoms with Gasteiger partial charge < -0.3 is 15.5 Å². The van der Waals surface area contributed by atoms with Crippen molar-refractivity contribution in [3.63, 3.8) is 0 Å². The van der Waals surface area contributed by atoms with Crippen LogP contribution in [0.5, 0.6) is 0 Å². The second-order valence-electron chi connectivity index (χ2n) is 9.62. The van der Waals surface area contributed by atoms with Crippen molar-refractivity contribution in [2.75, 3.05) is 30.9 Å². The minimum absolute atomic E-state index is 0.0476. The number of anilines is 2. The number of amides is 1. The lowest BCUT2D eigenvalue weighted by atomic mass is 9.86. The molecule has 7 heteroatoms. The second kappa shape index (κ2) is 9.67. The van der Waals surface area contributed by atoms with Gasteiger partial charge in [-0.2, -0.15) is 4.98 Å². The molecule has 1 aromatic carbocycles.